The lowest BCUT2D eigenvalue weighted by atomic mass is 10.3. The quantitative estimate of drug-likeness (QED) is 0.608. The van der Waals surface area contributed by atoms with Gasteiger partial charge >= 0.3 is 0 Å². The average Bonchev–Trinajstić information content (AvgIpc) is 2.67. The van der Waals surface area contributed by atoms with Crippen LogP contribution < -0.4 is 0 Å². The van der Waals surface area contributed by atoms with E-state index in [4.69, 9.17) is 16.3 Å². The Morgan fingerprint density at radius 2 is 2.29 bits per heavy atom. The Morgan fingerprint density at radius 3 is 3.00 bits per heavy atom. The van der Waals surface area contributed by atoms with E-state index in [1.165, 1.54) is 12.1 Å². The van der Waals surface area contributed by atoms with Gasteiger partial charge < -0.3 is 9.30 Å². The summed E-state index contributed by atoms with van der Waals surface area (Å²) in [5.74, 6) is 0.832. The number of nitrogens with zero attached hydrogens (tertiary/aromatic N) is 2. The van der Waals surface area contributed by atoms with Crippen LogP contribution in [-0.2, 0) is 17.2 Å². The summed E-state index contributed by atoms with van der Waals surface area (Å²) in [4.78, 5) is 4.37. The molecule has 3 nitrogen and oxygen atoms in total. The van der Waals surface area contributed by atoms with E-state index < -0.39 is 0 Å². The number of hydrogen-bond donors (Lipinski definition) is 0. The number of alkyl halides is 1. The molecule has 1 aromatic heterocycles. The summed E-state index contributed by atoms with van der Waals surface area (Å²) in [6.45, 7) is 1.40. The molecule has 1 heterocycles. The second-order valence-corrected chi connectivity index (χ2v) is 4.06. The van der Waals surface area contributed by atoms with Gasteiger partial charge in [0.25, 0.3) is 0 Å². The van der Waals surface area contributed by atoms with E-state index >= 15 is 0 Å². The lowest BCUT2D eigenvalue weighted by molar-refractivity contribution is 0.190. The fraction of sp³-hybridized carbons (Fsp3) is 0.417. The van der Waals surface area contributed by atoms with Gasteiger partial charge in [-0.15, -0.1) is 11.6 Å². The minimum atomic E-state index is -0.258. The highest BCUT2D eigenvalue weighted by molar-refractivity contribution is 6.16. The number of aryl methyl sites for hydroxylation is 1. The van der Waals surface area contributed by atoms with Crippen LogP contribution in [0.3, 0.4) is 0 Å². The molecule has 0 aliphatic heterocycles. The molecule has 2 rings (SSSR count). The molecule has 2 aromatic rings. The van der Waals surface area contributed by atoms with Gasteiger partial charge in [-0.1, -0.05) is 0 Å². The first-order valence-corrected chi connectivity index (χ1v) is 5.99. The third kappa shape index (κ3) is 2.58. The Hall–Kier alpha value is -1.13. The SMILES string of the molecule is COCCCn1c(CCl)nc2ccc(F)cc21. The third-order valence-corrected chi connectivity index (χ3v) is 2.88. The first-order valence-electron chi connectivity index (χ1n) is 5.46. The predicted octanol–water partition coefficient (Wildman–Crippen LogP) is 2.95. The first-order chi connectivity index (χ1) is 8.26. The molecule has 17 heavy (non-hydrogen) atoms. The summed E-state index contributed by atoms with van der Waals surface area (Å²) in [5, 5.41) is 0. The number of ether oxygens (including phenoxy) is 1. The van der Waals surface area contributed by atoms with Crippen molar-refractivity contribution in [2.45, 2.75) is 18.8 Å². The van der Waals surface area contributed by atoms with Gasteiger partial charge in [-0.3, -0.25) is 0 Å². The van der Waals surface area contributed by atoms with Gasteiger partial charge in [-0.25, -0.2) is 9.37 Å². The molecule has 0 amide bonds. The zero-order valence-electron chi connectivity index (χ0n) is 9.62. The molecule has 0 saturated carbocycles. The number of benzene rings is 1. The number of fused-ring (bicyclic) bond motifs is 1. The van der Waals surface area contributed by atoms with Crippen molar-refractivity contribution in [3.8, 4) is 0 Å². The van der Waals surface area contributed by atoms with Crippen molar-refractivity contribution < 1.29 is 9.13 Å². The molecule has 0 aliphatic carbocycles. The molecule has 0 bridgehead atoms. The summed E-state index contributed by atoms with van der Waals surface area (Å²) in [7, 11) is 1.66. The lowest BCUT2D eigenvalue weighted by Gasteiger charge is -2.07. The second-order valence-electron chi connectivity index (χ2n) is 3.79. The molecule has 1 aromatic carbocycles. The minimum absolute atomic E-state index is 0.258. The Balaban J connectivity index is 2.38. The van der Waals surface area contributed by atoms with Crippen molar-refractivity contribution >= 4 is 22.6 Å². The van der Waals surface area contributed by atoms with E-state index in [0.717, 1.165) is 29.8 Å². The Morgan fingerprint density at radius 1 is 1.47 bits per heavy atom. The summed E-state index contributed by atoms with van der Waals surface area (Å²) >= 11 is 5.85. The molecule has 0 unspecified atom stereocenters. The molecule has 5 heteroatoms. The van der Waals surface area contributed by atoms with Crippen LogP contribution >= 0.6 is 11.6 Å². The van der Waals surface area contributed by atoms with Gasteiger partial charge in [0.05, 0.1) is 16.9 Å². The zero-order chi connectivity index (χ0) is 12.3. The van der Waals surface area contributed by atoms with Crippen molar-refractivity contribution in [1.82, 2.24) is 9.55 Å². The number of hydrogen-bond acceptors (Lipinski definition) is 2. The number of rotatable bonds is 5. The highest BCUT2D eigenvalue weighted by Crippen LogP contribution is 2.19. The topological polar surface area (TPSA) is 27.1 Å². The van der Waals surface area contributed by atoms with Gasteiger partial charge in [-0.05, 0) is 24.6 Å². The molecule has 0 atom stereocenters. The molecule has 0 aliphatic rings. The number of aromatic nitrogens is 2. The van der Waals surface area contributed by atoms with Crippen LogP contribution in [0.25, 0.3) is 11.0 Å². The van der Waals surface area contributed by atoms with Crippen LogP contribution in [0.4, 0.5) is 4.39 Å². The molecule has 0 fully saturated rings. The minimum Gasteiger partial charge on any atom is -0.385 e. The summed E-state index contributed by atoms with van der Waals surface area (Å²) in [5.41, 5.74) is 1.57. The standard InChI is InChI=1S/C12H14ClFN2O/c1-17-6-2-5-16-11-7-9(14)3-4-10(11)15-12(16)8-13/h3-4,7H,2,5-6,8H2,1H3. The lowest BCUT2D eigenvalue weighted by Crippen LogP contribution is -2.05. The van der Waals surface area contributed by atoms with Crippen molar-refractivity contribution in [1.29, 1.82) is 0 Å². The Kier molecular flexibility index (Phi) is 3.97. The highest BCUT2D eigenvalue weighted by atomic mass is 35.5. The second kappa shape index (κ2) is 5.47. The van der Waals surface area contributed by atoms with E-state index in [-0.39, 0.29) is 5.82 Å². The monoisotopic (exact) mass is 256 g/mol. The number of halogens is 2. The predicted molar refractivity (Wildman–Crippen MR) is 65.7 cm³/mol. The zero-order valence-corrected chi connectivity index (χ0v) is 10.4. The number of imidazole rings is 1. The van der Waals surface area contributed by atoms with E-state index in [0.29, 0.717) is 12.5 Å². The number of methoxy groups -OCH3 is 1. The van der Waals surface area contributed by atoms with Crippen LogP contribution in [0.15, 0.2) is 18.2 Å². The van der Waals surface area contributed by atoms with Gasteiger partial charge in [0.1, 0.15) is 11.6 Å². The fourth-order valence-corrected chi connectivity index (χ4v) is 2.07. The van der Waals surface area contributed by atoms with Gasteiger partial charge in [-0.2, -0.15) is 0 Å². The smallest absolute Gasteiger partial charge is 0.125 e. The van der Waals surface area contributed by atoms with Crippen molar-refractivity contribution in [3.05, 3.63) is 29.8 Å². The maximum Gasteiger partial charge on any atom is 0.125 e. The van der Waals surface area contributed by atoms with Gasteiger partial charge in [0, 0.05) is 20.3 Å². The highest BCUT2D eigenvalue weighted by Gasteiger charge is 2.10. The molecular formula is C12H14ClFN2O. The molecule has 92 valence electrons. The third-order valence-electron chi connectivity index (χ3n) is 2.64. The van der Waals surface area contributed by atoms with E-state index in [9.17, 15) is 4.39 Å². The summed E-state index contributed by atoms with van der Waals surface area (Å²) in [6, 6.07) is 4.57. The van der Waals surface area contributed by atoms with Crippen molar-refractivity contribution in [2.24, 2.45) is 0 Å². The van der Waals surface area contributed by atoms with E-state index in [1.54, 1.807) is 13.2 Å². The molecule has 0 saturated heterocycles. The average molecular weight is 257 g/mol. The largest absolute Gasteiger partial charge is 0.385 e. The van der Waals surface area contributed by atoms with E-state index in [2.05, 4.69) is 4.98 Å². The van der Waals surface area contributed by atoms with Crippen LogP contribution in [-0.4, -0.2) is 23.3 Å². The maximum atomic E-state index is 13.2. The molecule has 0 radical (unpaired) electrons. The Labute approximate surface area is 104 Å². The fourth-order valence-electron chi connectivity index (χ4n) is 1.86. The molecule has 0 spiro atoms. The normalized spacial score (nSPS) is 11.2. The van der Waals surface area contributed by atoms with Gasteiger partial charge in [0.15, 0.2) is 0 Å². The Bertz CT molecular complexity index is 512. The molecular weight excluding hydrogens is 243 g/mol. The van der Waals surface area contributed by atoms with Crippen LogP contribution in [0.2, 0.25) is 0 Å². The maximum absolute atomic E-state index is 13.2. The van der Waals surface area contributed by atoms with Crippen LogP contribution in [0.1, 0.15) is 12.2 Å². The summed E-state index contributed by atoms with van der Waals surface area (Å²) in [6.07, 6.45) is 0.850. The summed E-state index contributed by atoms with van der Waals surface area (Å²) < 4.78 is 20.2. The van der Waals surface area contributed by atoms with Crippen LogP contribution in [0.5, 0.6) is 0 Å². The van der Waals surface area contributed by atoms with Crippen molar-refractivity contribution in [2.75, 3.05) is 13.7 Å². The van der Waals surface area contributed by atoms with Crippen LogP contribution in [0, 0.1) is 5.82 Å². The van der Waals surface area contributed by atoms with Gasteiger partial charge in [0.2, 0.25) is 0 Å². The van der Waals surface area contributed by atoms with E-state index in [1.807, 2.05) is 4.57 Å². The molecule has 0 N–H and O–H groups in total. The first kappa shape index (κ1) is 12.3. The van der Waals surface area contributed by atoms with Crippen molar-refractivity contribution in [3.63, 3.8) is 0 Å².